The fraction of sp³-hybridized carbons (Fsp3) is 0.492. The van der Waals surface area contributed by atoms with Gasteiger partial charge in [-0.15, -0.1) is 0 Å². The van der Waals surface area contributed by atoms with Crippen molar-refractivity contribution in [3.05, 3.63) is 111 Å². The molecule has 0 radical (unpaired) electrons. The fourth-order valence-corrected chi connectivity index (χ4v) is 17.7. The molecule has 66 heavy (non-hydrogen) atoms. The van der Waals surface area contributed by atoms with Crippen LogP contribution in [-0.2, 0) is 27.1 Å². The zero-order valence-corrected chi connectivity index (χ0v) is 39.7. The van der Waals surface area contributed by atoms with Gasteiger partial charge in [0.25, 0.3) is 0 Å². The van der Waals surface area contributed by atoms with Crippen molar-refractivity contribution in [2.24, 2.45) is 0 Å². The Hall–Kier alpha value is -5.12. The summed E-state index contributed by atoms with van der Waals surface area (Å²) in [6.07, 6.45) is 30.1. The first-order valence-corrected chi connectivity index (χ1v) is 26.7. The highest BCUT2D eigenvalue weighted by atomic mass is 14.9. The summed E-state index contributed by atoms with van der Waals surface area (Å²) in [7, 11) is 0. The number of nitrogens with zero attached hydrogens (tertiary/aromatic N) is 3. The topological polar surface area (TPSA) is 52.0 Å². The first kappa shape index (κ1) is 40.0. The van der Waals surface area contributed by atoms with Crippen molar-refractivity contribution in [2.45, 2.75) is 195 Å². The Morgan fingerprint density at radius 2 is 0.848 bits per heavy atom. The molecule has 7 aromatic rings. The molecule has 7 aliphatic rings. The number of hydrogen-bond acceptors (Lipinski definition) is 2. The molecule has 14 rings (SSSR count). The smallest absolute Gasteiger partial charge is 0.0995 e. The predicted molar refractivity (Wildman–Crippen MR) is 271 cm³/mol. The largest absolute Gasteiger partial charge is 0.308 e. The zero-order valence-electron chi connectivity index (χ0n) is 39.7. The van der Waals surface area contributed by atoms with Gasteiger partial charge in [0, 0.05) is 27.0 Å². The molecule has 0 unspecified atom stereocenters. The van der Waals surface area contributed by atoms with Crippen LogP contribution in [0.3, 0.4) is 0 Å². The minimum absolute atomic E-state index is 0.0801. The lowest BCUT2D eigenvalue weighted by atomic mass is 9.52. The number of rotatable bonds is 1. The van der Waals surface area contributed by atoms with E-state index >= 15 is 0 Å². The van der Waals surface area contributed by atoms with Crippen LogP contribution in [0.1, 0.15) is 212 Å². The molecule has 5 aromatic carbocycles. The Bertz CT molecular complexity index is 3120. The Labute approximate surface area is 391 Å². The summed E-state index contributed by atoms with van der Waals surface area (Å²) in [6, 6.07) is 32.3. The van der Waals surface area contributed by atoms with Gasteiger partial charge in [-0.2, -0.15) is 10.5 Å². The van der Waals surface area contributed by atoms with Crippen molar-refractivity contribution in [3.8, 4) is 34.4 Å². The summed E-state index contributed by atoms with van der Waals surface area (Å²) in [4.78, 5) is 0. The van der Waals surface area contributed by atoms with Crippen LogP contribution in [0.4, 0.5) is 0 Å². The molecular weight excluding hydrogens is 799 g/mol. The van der Waals surface area contributed by atoms with E-state index in [1.807, 2.05) is 0 Å². The third kappa shape index (κ3) is 5.04. The van der Waals surface area contributed by atoms with Crippen molar-refractivity contribution in [1.82, 2.24) is 4.40 Å². The second-order valence-electron chi connectivity index (χ2n) is 23.9. The van der Waals surface area contributed by atoms with Crippen molar-refractivity contribution >= 4 is 38.1 Å². The van der Waals surface area contributed by atoms with Crippen LogP contribution in [-0.4, -0.2) is 4.40 Å². The van der Waals surface area contributed by atoms with E-state index in [0.717, 1.165) is 11.1 Å². The molecule has 4 saturated carbocycles. The maximum atomic E-state index is 11.6. The van der Waals surface area contributed by atoms with Gasteiger partial charge in [-0.3, -0.25) is 0 Å². The Morgan fingerprint density at radius 3 is 1.30 bits per heavy atom. The molecule has 7 aliphatic carbocycles. The molecule has 0 atom stereocenters. The van der Waals surface area contributed by atoms with Crippen molar-refractivity contribution in [2.75, 3.05) is 0 Å². The van der Waals surface area contributed by atoms with Gasteiger partial charge in [0.05, 0.1) is 39.8 Å². The van der Waals surface area contributed by atoms with Crippen LogP contribution < -0.4 is 0 Å². The maximum Gasteiger partial charge on any atom is 0.0995 e. The Kier molecular flexibility index (Phi) is 8.47. The van der Waals surface area contributed by atoms with E-state index in [2.05, 4.69) is 97.1 Å². The van der Waals surface area contributed by atoms with Crippen LogP contribution in [0.15, 0.2) is 66.7 Å². The lowest BCUT2D eigenvalue weighted by Gasteiger charge is -2.52. The first-order valence-electron chi connectivity index (χ1n) is 26.7. The van der Waals surface area contributed by atoms with Crippen molar-refractivity contribution in [3.63, 3.8) is 0 Å². The Morgan fingerprint density at radius 1 is 0.439 bits per heavy atom. The monoisotopic (exact) mass is 864 g/mol. The highest BCUT2D eigenvalue weighted by Gasteiger charge is 2.53. The number of nitriles is 2. The third-order valence-electron chi connectivity index (χ3n) is 20.7. The quantitative estimate of drug-likeness (QED) is 0.165. The van der Waals surface area contributed by atoms with Crippen LogP contribution in [0, 0.1) is 22.7 Å². The number of hydrogen-bond donors (Lipinski definition) is 0. The molecule has 0 saturated heterocycles. The fourth-order valence-electron chi connectivity index (χ4n) is 17.7. The van der Waals surface area contributed by atoms with Crippen molar-refractivity contribution < 1.29 is 0 Å². The van der Waals surface area contributed by atoms with E-state index in [1.165, 1.54) is 237 Å². The van der Waals surface area contributed by atoms with Gasteiger partial charge in [0.15, 0.2) is 0 Å². The van der Waals surface area contributed by atoms with Gasteiger partial charge in [-0.25, -0.2) is 0 Å². The first-order chi connectivity index (χ1) is 32.3. The van der Waals surface area contributed by atoms with E-state index in [1.54, 1.807) is 11.1 Å². The average molecular weight is 864 g/mol. The number of fused-ring (bicyclic) bond motifs is 17. The molecule has 2 aromatic heterocycles. The maximum absolute atomic E-state index is 11.6. The zero-order chi connectivity index (χ0) is 44.2. The van der Waals surface area contributed by atoms with Gasteiger partial charge in [-0.1, -0.05) is 133 Å². The molecule has 0 amide bonds. The molecule has 0 bridgehead atoms. The lowest BCUT2D eigenvalue weighted by Crippen LogP contribution is -2.43. The molecule has 3 nitrogen and oxygen atoms in total. The van der Waals surface area contributed by atoms with Crippen molar-refractivity contribution in [1.29, 1.82) is 10.5 Å². The van der Waals surface area contributed by atoms with Gasteiger partial charge in [-0.05, 0) is 179 Å². The van der Waals surface area contributed by atoms with Gasteiger partial charge in [0.1, 0.15) is 0 Å². The average Bonchev–Trinajstić information content (AvgIpc) is 3.96. The third-order valence-corrected chi connectivity index (χ3v) is 20.7. The van der Waals surface area contributed by atoms with Gasteiger partial charge >= 0.3 is 0 Å². The van der Waals surface area contributed by atoms with Crippen LogP contribution in [0.25, 0.3) is 60.3 Å². The minimum atomic E-state index is -0.0889. The second kappa shape index (κ2) is 14.0. The number of benzene rings is 5. The minimum Gasteiger partial charge on any atom is -0.308 e. The normalized spacial score (nSPS) is 23.0. The van der Waals surface area contributed by atoms with E-state index in [-0.39, 0.29) is 27.1 Å². The van der Waals surface area contributed by atoms with E-state index in [4.69, 9.17) is 0 Å². The molecule has 332 valence electrons. The van der Waals surface area contributed by atoms with Crippen LogP contribution in [0.5, 0.6) is 0 Å². The van der Waals surface area contributed by atoms with Crippen LogP contribution >= 0.6 is 0 Å². The summed E-state index contributed by atoms with van der Waals surface area (Å²) in [5.41, 5.74) is 20.3. The Balaban J connectivity index is 1.20. The highest BCUT2D eigenvalue weighted by molar-refractivity contribution is 6.27. The molecule has 0 N–H and O–H groups in total. The highest BCUT2D eigenvalue weighted by Crippen LogP contribution is 2.64. The van der Waals surface area contributed by atoms with Gasteiger partial charge in [0.2, 0.25) is 0 Å². The van der Waals surface area contributed by atoms with E-state index in [9.17, 15) is 10.5 Å². The van der Waals surface area contributed by atoms with Gasteiger partial charge < -0.3 is 4.40 Å². The number of aromatic nitrogens is 1. The SMILES string of the molecule is CC1(C)c2ccccc2-c2c(-c3cc4c5c6c(c(C#N)cc5n5c7cc(C#N)c8c(c7c(c3)c45)C3(CCCCC3)CCC83CCCCC3)C3(CCCCC3)CCC63CCCCC3)cccc21. The van der Waals surface area contributed by atoms with E-state index in [0.29, 0.717) is 0 Å². The van der Waals surface area contributed by atoms with Crippen LogP contribution in [0.2, 0.25) is 0 Å². The molecule has 3 heteroatoms. The molecule has 4 spiro atoms. The summed E-state index contributed by atoms with van der Waals surface area (Å²) >= 11 is 0. The molecule has 4 fully saturated rings. The second-order valence-corrected chi connectivity index (χ2v) is 23.9. The molecular formula is C63H65N3. The summed E-state index contributed by atoms with van der Waals surface area (Å²) in [6.45, 7) is 4.84. The standard InChI is InChI=1S/C63H65N3/c1-59(2)47-20-8-7-18-44(47)51-43(19-17-21-48(51)59)40-34-45-52-49(36-41(38-64)54-56(52)62(26-13-5-14-27-62)32-30-60(54)22-9-3-10-23-60)66-50-37-42(39-65)55-57(53(50)46(35-40)58(45)66)63(28-15-6-16-29-63)33-31-61(55)24-11-4-12-25-61/h7-8,17-21,34-37H,3-6,9-16,22-33H2,1-2H3. The summed E-state index contributed by atoms with van der Waals surface area (Å²) in [5.74, 6) is 0. The summed E-state index contributed by atoms with van der Waals surface area (Å²) in [5, 5.41) is 28.8. The lowest BCUT2D eigenvalue weighted by molar-refractivity contribution is 0.177. The molecule has 2 heterocycles. The molecule has 0 aliphatic heterocycles. The van der Waals surface area contributed by atoms with E-state index < -0.39 is 0 Å². The predicted octanol–water partition coefficient (Wildman–Crippen LogP) is 16.9. The summed E-state index contributed by atoms with van der Waals surface area (Å²) < 4.78 is 2.65.